The highest BCUT2D eigenvalue weighted by atomic mass is 32.2. The molecule has 1 heterocycles. The number of nitro groups is 1. The van der Waals surface area contributed by atoms with Crippen LogP contribution >= 0.6 is 11.8 Å². The third-order valence-corrected chi connectivity index (χ3v) is 7.00. The number of rotatable bonds is 10. The number of benzene rings is 2. The van der Waals surface area contributed by atoms with Crippen molar-refractivity contribution in [2.75, 3.05) is 26.5 Å². The minimum absolute atomic E-state index is 0.0460. The smallest absolute Gasteiger partial charge is 0.283 e. The summed E-state index contributed by atoms with van der Waals surface area (Å²) in [5.41, 5.74) is 6.17. The van der Waals surface area contributed by atoms with Gasteiger partial charge in [-0.25, -0.2) is 0 Å². The van der Waals surface area contributed by atoms with Crippen LogP contribution in [0.1, 0.15) is 41.6 Å². The van der Waals surface area contributed by atoms with Gasteiger partial charge in [-0.15, -0.1) is 11.8 Å². The van der Waals surface area contributed by atoms with E-state index in [0.717, 1.165) is 55.5 Å². The molecule has 1 saturated heterocycles. The SMILES string of the molecule is COc1ccc(CCC2CCCCN2C(=O)CSc2ccc(C(N)=O)cc2[N+](=O)[O-])cc1OC. The molecule has 1 aliphatic heterocycles. The molecular weight excluding hydrogens is 458 g/mol. The summed E-state index contributed by atoms with van der Waals surface area (Å²) in [5.74, 6) is 0.660. The molecule has 9 nitrogen and oxygen atoms in total. The lowest BCUT2D eigenvalue weighted by atomic mass is 9.95. The van der Waals surface area contributed by atoms with Crippen molar-refractivity contribution < 1.29 is 24.0 Å². The van der Waals surface area contributed by atoms with Crippen LogP contribution in [-0.2, 0) is 11.2 Å². The quantitative estimate of drug-likeness (QED) is 0.307. The topological polar surface area (TPSA) is 125 Å². The van der Waals surface area contributed by atoms with E-state index in [1.54, 1.807) is 14.2 Å². The number of carbonyl (C=O) groups excluding carboxylic acids is 2. The molecule has 2 aromatic rings. The van der Waals surface area contributed by atoms with E-state index >= 15 is 0 Å². The van der Waals surface area contributed by atoms with Gasteiger partial charge in [0.1, 0.15) is 0 Å². The fourth-order valence-corrected chi connectivity index (χ4v) is 5.05. The number of likely N-dealkylation sites (tertiary alicyclic amines) is 1. The Morgan fingerprint density at radius 2 is 1.91 bits per heavy atom. The van der Waals surface area contributed by atoms with E-state index in [0.29, 0.717) is 22.9 Å². The first-order valence-corrected chi connectivity index (χ1v) is 12.0. The highest BCUT2D eigenvalue weighted by molar-refractivity contribution is 8.00. The van der Waals surface area contributed by atoms with Crippen molar-refractivity contribution in [1.82, 2.24) is 4.90 Å². The molecule has 2 aromatic carbocycles. The van der Waals surface area contributed by atoms with Gasteiger partial charge in [-0.2, -0.15) is 0 Å². The second-order valence-electron chi connectivity index (χ2n) is 8.06. The average molecular weight is 488 g/mol. The maximum absolute atomic E-state index is 13.1. The van der Waals surface area contributed by atoms with E-state index in [1.165, 1.54) is 12.1 Å². The second-order valence-corrected chi connectivity index (χ2v) is 9.07. The molecule has 0 aromatic heterocycles. The highest BCUT2D eigenvalue weighted by Crippen LogP contribution is 2.32. The van der Waals surface area contributed by atoms with Crippen LogP contribution in [0.2, 0.25) is 0 Å². The molecule has 34 heavy (non-hydrogen) atoms. The van der Waals surface area contributed by atoms with Gasteiger partial charge < -0.3 is 20.1 Å². The summed E-state index contributed by atoms with van der Waals surface area (Å²) in [6.07, 6.45) is 4.54. The van der Waals surface area contributed by atoms with Crippen molar-refractivity contribution in [2.45, 2.75) is 43.0 Å². The number of primary amides is 1. The summed E-state index contributed by atoms with van der Waals surface area (Å²) in [5, 5.41) is 11.4. The Morgan fingerprint density at radius 3 is 2.59 bits per heavy atom. The van der Waals surface area contributed by atoms with E-state index in [-0.39, 0.29) is 29.0 Å². The molecule has 2 N–H and O–H groups in total. The molecular formula is C24H29N3O6S. The Morgan fingerprint density at radius 1 is 1.15 bits per heavy atom. The molecule has 0 saturated carbocycles. The van der Waals surface area contributed by atoms with Crippen molar-refractivity contribution >= 4 is 29.3 Å². The molecule has 182 valence electrons. The van der Waals surface area contributed by atoms with Crippen molar-refractivity contribution in [3.8, 4) is 11.5 Å². The zero-order valence-electron chi connectivity index (χ0n) is 19.3. The number of carbonyl (C=O) groups is 2. The van der Waals surface area contributed by atoms with Crippen LogP contribution in [0.15, 0.2) is 41.3 Å². The Bertz CT molecular complexity index is 1060. The minimum atomic E-state index is -0.735. The number of piperidine rings is 1. The number of nitrogens with zero attached hydrogens (tertiary/aromatic N) is 2. The maximum atomic E-state index is 13.1. The normalized spacial score (nSPS) is 15.6. The first-order chi connectivity index (χ1) is 16.3. The lowest BCUT2D eigenvalue weighted by molar-refractivity contribution is -0.387. The molecule has 0 aliphatic carbocycles. The summed E-state index contributed by atoms with van der Waals surface area (Å²) in [6.45, 7) is 0.679. The molecule has 0 radical (unpaired) electrons. The predicted octanol–water partition coefficient (Wildman–Crippen LogP) is 3.82. The van der Waals surface area contributed by atoms with Gasteiger partial charge in [0.05, 0.1) is 29.8 Å². The zero-order chi connectivity index (χ0) is 24.7. The molecule has 0 bridgehead atoms. The third kappa shape index (κ3) is 6.19. The van der Waals surface area contributed by atoms with Gasteiger partial charge >= 0.3 is 0 Å². The Hall–Kier alpha value is -3.27. The van der Waals surface area contributed by atoms with E-state index in [1.807, 2.05) is 23.1 Å². The average Bonchev–Trinajstić information content (AvgIpc) is 2.85. The Kier molecular flexibility index (Phi) is 8.75. The monoisotopic (exact) mass is 487 g/mol. The van der Waals surface area contributed by atoms with Gasteiger partial charge in [-0.3, -0.25) is 19.7 Å². The van der Waals surface area contributed by atoms with Crippen LogP contribution in [0.3, 0.4) is 0 Å². The highest BCUT2D eigenvalue weighted by Gasteiger charge is 2.27. The van der Waals surface area contributed by atoms with E-state index in [9.17, 15) is 19.7 Å². The Labute approximate surface area is 202 Å². The zero-order valence-corrected chi connectivity index (χ0v) is 20.1. The molecule has 2 amide bonds. The lowest BCUT2D eigenvalue weighted by Crippen LogP contribution is -2.44. The van der Waals surface area contributed by atoms with Gasteiger partial charge in [-0.05, 0) is 61.9 Å². The van der Waals surface area contributed by atoms with Crippen LogP contribution in [0.4, 0.5) is 5.69 Å². The third-order valence-electron chi connectivity index (χ3n) is 5.95. The van der Waals surface area contributed by atoms with E-state index in [4.69, 9.17) is 15.2 Å². The first-order valence-electron chi connectivity index (χ1n) is 11.1. The Balaban J connectivity index is 1.64. The van der Waals surface area contributed by atoms with Crippen LogP contribution in [0, 0.1) is 10.1 Å². The van der Waals surface area contributed by atoms with Crippen LogP contribution in [0.25, 0.3) is 0 Å². The van der Waals surface area contributed by atoms with Crippen molar-refractivity contribution in [3.05, 3.63) is 57.6 Å². The number of nitrogens with two attached hydrogens (primary N) is 1. The fourth-order valence-electron chi connectivity index (χ4n) is 4.16. The first kappa shape index (κ1) is 25.4. The number of aryl methyl sites for hydroxylation is 1. The summed E-state index contributed by atoms with van der Waals surface area (Å²) in [4.78, 5) is 37.5. The number of ether oxygens (including phenoxy) is 2. The summed E-state index contributed by atoms with van der Waals surface area (Å²) < 4.78 is 10.7. The van der Waals surface area contributed by atoms with Crippen LogP contribution < -0.4 is 15.2 Å². The number of amides is 2. The number of hydrogen-bond donors (Lipinski definition) is 1. The van der Waals surface area contributed by atoms with Crippen LogP contribution in [0.5, 0.6) is 11.5 Å². The molecule has 1 unspecified atom stereocenters. The minimum Gasteiger partial charge on any atom is -0.493 e. The van der Waals surface area contributed by atoms with Crippen molar-refractivity contribution in [2.24, 2.45) is 5.73 Å². The number of thioether (sulfide) groups is 1. The van der Waals surface area contributed by atoms with Crippen molar-refractivity contribution in [1.29, 1.82) is 0 Å². The molecule has 1 fully saturated rings. The second kappa shape index (κ2) is 11.7. The van der Waals surface area contributed by atoms with Gasteiger partial charge in [-0.1, -0.05) is 6.07 Å². The number of nitro benzene ring substituents is 1. The van der Waals surface area contributed by atoms with E-state index < -0.39 is 10.8 Å². The number of methoxy groups -OCH3 is 2. The fraction of sp³-hybridized carbons (Fsp3) is 0.417. The molecule has 3 rings (SSSR count). The predicted molar refractivity (Wildman–Crippen MR) is 130 cm³/mol. The largest absolute Gasteiger partial charge is 0.493 e. The van der Waals surface area contributed by atoms with Gasteiger partial charge in [0.2, 0.25) is 11.8 Å². The maximum Gasteiger partial charge on any atom is 0.283 e. The summed E-state index contributed by atoms with van der Waals surface area (Å²) in [7, 11) is 3.20. The molecule has 1 aliphatic rings. The summed E-state index contributed by atoms with van der Waals surface area (Å²) >= 11 is 1.11. The summed E-state index contributed by atoms with van der Waals surface area (Å²) in [6, 6.07) is 10.0. The molecule has 10 heteroatoms. The molecule has 0 spiro atoms. The van der Waals surface area contributed by atoms with Crippen LogP contribution in [-0.4, -0.2) is 54.2 Å². The van der Waals surface area contributed by atoms with E-state index in [2.05, 4.69) is 0 Å². The van der Waals surface area contributed by atoms with Gasteiger partial charge in [0.25, 0.3) is 5.69 Å². The van der Waals surface area contributed by atoms with Crippen molar-refractivity contribution in [3.63, 3.8) is 0 Å². The van der Waals surface area contributed by atoms with Gasteiger partial charge in [0.15, 0.2) is 11.5 Å². The molecule has 1 atom stereocenters. The standard InChI is InChI=1S/C24H29N3O6S/c1-32-20-10-7-16(13-21(20)33-2)6-9-18-5-3-4-12-26(18)23(28)15-34-22-11-8-17(24(25)29)14-19(22)27(30)31/h7-8,10-11,13-14,18H,3-6,9,12,15H2,1-2H3,(H2,25,29). The van der Waals surface area contributed by atoms with Gasteiger partial charge in [0, 0.05) is 24.2 Å². The lowest BCUT2D eigenvalue weighted by Gasteiger charge is -2.36. The number of hydrogen-bond acceptors (Lipinski definition) is 7.